The molecular weight excluding hydrogens is 560 g/mol. The Labute approximate surface area is 260 Å². The molecule has 240 valence electrons. The fraction of sp³-hybridized carbons (Fsp3) is 0.500. The van der Waals surface area contributed by atoms with E-state index in [2.05, 4.69) is 25.3 Å². The van der Waals surface area contributed by atoms with Crippen LogP contribution in [-0.2, 0) is 12.8 Å². The summed E-state index contributed by atoms with van der Waals surface area (Å²) in [4.78, 5) is 50.3. The molecule has 0 aliphatic rings. The van der Waals surface area contributed by atoms with Gasteiger partial charge < -0.3 is 18.3 Å². The van der Waals surface area contributed by atoms with Crippen molar-refractivity contribution < 1.29 is 27.9 Å². The van der Waals surface area contributed by atoms with Gasteiger partial charge in [-0.3, -0.25) is 9.59 Å². The van der Waals surface area contributed by atoms with E-state index in [9.17, 15) is 19.2 Å². The average Bonchev–Trinajstić information content (AvgIpc) is 3.01. The Morgan fingerprint density at radius 2 is 1.02 bits per heavy atom. The average molecular weight is 609 g/mol. The van der Waals surface area contributed by atoms with Crippen LogP contribution in [0.15, 0.2) is 68.0 Å². The molecule has 8 heteroatoms. The second-order valence-electron chi connectivity index (χ2n) is 10.8. The summed E-state index contributed by atoms with van der Waals surface area (Å²) in [5.74, 6) is 1.06. The Morgan fingerprint density at radius 1 is 0.636 bits per heavy atom. The molecule has 0 bridgehead atoms. The number of ketones is 2. The second-order valence-corrected chi connectivity index (χ2v) is 10.8. The minimum Gasteiger partial charge on any atom is -0.496 e. The fourth-order valence-corrected chi connectivity index (χ4v) is 4.86. The molecule has 0 saturated carbocycles. The number of Topliss-reactive ketones (excluding diaryl/α,β-unsaturated/α-hetero) is 2. The molecule has 0 spiro atoms. The number of hydrogen-bond acceptors (Lipinski definition) is 8. The van der Waals surface area contributed by atoms with E-state index in [1.165, 1.54) is 14.2 Å². The maximum Gasteiger partial charge on any atom is 0.350 e. The number of unbranched alkanes of at least 4 members (excludes halogenated alkanes) is 8. The van der Waals surface area contributed by atoms with Crippen molar-refractivity contribution in [3.05, 3.63) is 93.1 Å². The van der Waals surface area contributed by atoms with Gasteiger partial charge in [-0.1, -0.05) is 24.3 Å². The van der Waals surface area contributed by atoms with Crippen molar-refractivity contribution in [1.29, 1.82) is 0 Å². The van der Waals surface area contributed by atoms with Gasteiger partial charge in [0.05, 0.1) is 14.2 Å². The maximum atomic E-state index is 12.7. The van der Waals surface area contributed by atoms with E-state index in [0.29, 0.717) is 37.2 Å². The molecule has 2 heterocycles. The number of hydrogen-bond donors (Lipinski definition) is 0. The molecule has 8 nitrogen and oxygen atoms in total. The smallest absolute Gasteiger partial charge is 0.350 e. The summed E-state index contributed by atoms with van der Waals surface area (Å²) in [6.45, 7) is 7.38. The maximum absolute atomic E-state index is 12.7. The van der Waals surface area contributed by atoms with Crippen LogP contribution in [0.4, 0.5) is 0 Å². The zero-order valence-electron chi connectivity index (χ0n) is 26.5. The molecule has 0 atom stereocenters. The predicted molar refractivity (Wildman–Crippen MR) is 173 cm³/mol. The first-order valence-electron chi connectivity index (χ1n) is 15.7. The van der Waals surface area contributed by atoms with Gasteiger partial charge in [-0.25, -0.2) is 9.59 Å². The molecule has 0 unspecified atom stereocenters. The van der Waals surface area contributed by atoms with E-state index in [1.54, 1.807) is 12.1 Å². The van der Waals surface area contributed by atoms with Crippen molar-refractivity contribution in [2.45, 2.75) is 103 Å². The lowest BCUT2D eigenvalue weighted by Crippen LogP contribution is -2.17. The van der Waals surface area contributed by atoms with Crippen molar-refractivity contribution >= 4 is 11.6 Å². The molecule has 44 heavy (non-hydrogen) atoms. The normalized spacial score (nSPS) is 11.0. The summed E-state index contributed by atoms with van der Waals surface area (Å²) in [6.07, 6.45) is 19.6. The third-order valence-corrected chi connectivity index (χ3v) is 7.31. The SMILES string of the molecule is C=CCCCCC(=O)c1c(OC)cc(CCCC/C=C/CCCCC(=O)c2c(OC)cc(CCCCC=C)oc2=O)oc1=O. The number of aryl methyl sites for hydroxylation is 2. The summed E-state index contributed by atoms with van der Waals surface area (Å²) in [7, 11) is 2.91. The molecule has 0 saturated heterocycles. The Morgan fingerprint density at radius 3 is 1.43 bits per heavy atom. The first-order valence-corrected chi connectivity index (χ1v) is 15.7. The first kappa shape index (κ1) is 36.3. The molecule has 0 N–H and O–H groups in total. The first-order chi connectivity index (χ1) is 21.4. The van der Waals surface area contributed by atoms with Gasteiger partial charge >= 0.3 is 11.3 Å². The molecule has 2 aromatic heterocycles. The summed E-state index contributed by atoms with van der Waals surface area (Å²) in [5.41, 5.74) is -1.29. The number of rotatable bonds is 24. The standard InChI is InChI=1S/C36H48O8/c1-5-7-9-17-21-27-25-31(41-3)34(36(40)43-27)30(38)24-20-16-14-12-11-13-15-18-22-28-26-32(42-4)33(35(39)44-28)29(37)23-19-10-8-6-2/h5-6,11-12,25-26H,1-2,7-10,13-24H2,3-4H3/b12-11+. The molecule has 0 aliphatic carbocycles. The van der Waals surface area contributed by atoms with E-state index in [-0.39, 0.29) is 47.0 Å². The highest BCUT2D eigenvalue weighted by atomic mass is 16.5. The van der Waals surface area contributed by atoms with Crippen LogP contribution < -0.4 is 20.7 Å². The molecule has 0 aromatic carbocycles. The van der Waals surface area contributed by atoms with Gasteiger partial charge in [0.2, 0.25) is 0 Å². The largest absolute Gasteiger partial charge is 0.496 e. The zero-order valence-corrected chi connectivity index (χ0v) is 26.5. The van der Waals surface area contributed by atoms with Crippen LogP contribution in [0.1, 0.15) is 122 Å². The molecule has 0 amide bonds. The molecular formula is C36H48O8. The zero-order chi connectivity index (χ0) is 32.2. The highest BCUT2D eigenvalue weighted by Gasteiger charge is 2.21. The third-order valence-electron chi connectivity index (χ3n) is 7.31. The molecule has 2 rings (SSSR count). The van der Waals surface area contributed by atoms with Crippen molar-refractivity contribution in [2.75, 3.05) is 14.2 Å². The summed E-state index contributed by atoms with van der Waals surface area (Å²) >= 11 is 0. The molecule has 2 aromatic rings. The van der Waals surface area contributed by atoms with E-state index in [1.807, 2.05) is 12.2 Å². The summed E-state index contributed by atoms with van der Waals surface area (Å²) in [6, 6.07) is 3.30. The highest BCUT2D eigenvalue weighted by Crippen LogP contribution is 2.22. The summed E-state index contributed by atoms with van der Waals surface area (Å²) < 4.78 is 21.5. The quantitative estimate of drug-likeness (QED) is 0.0666. The molecule has 0 fully saturated rings. The Kier molecular flexibility index (Phi) is 17.2. The van der Waals surface area contributed by atoms with E-state index in [4.69, 9.17) is 18.3 Å². The van der Waals surface area contributed by atoms with Crippen molar-refractivity contribution in [3.8, 4) is 11.5 Å². The van der Waals surface area contributed by atoms with Crippen molar-refractivity contribution in [3.63, 3.8) is 0 Å². The van der Waals surface area contributed by atoms with E-state index < -0.39 is 11.3 Å². The van der Waals surface area contributed by atoms with E-state index >= 15 is 0 Å². The number of methoxy groups -OCH3 is 2. The lowest BCUT2D eigenvalue weighted by atomic mass is 10.0. The van der Waals surface area contributed by atoms with Crippen molar-refractivity contribution in [2.24, 2.45) is 0 Å². The Bertz CT molecular complexity index is 1360. The molecule has 0 aliphatic heterocycles. The number of ether oxygens (including phenoxy) is 2. The predicted octanol–water partition coefficient (Wildman–Crippen LogP) is 8.15. The van der Waals surface area contributed by atoms with E-state index in [0.717, 1.165) is 64.2 Å². The lowest BCUT2D eigenvalue weighted by Gasteiger charge is -2.08. The van der Waals surface area contributed by atoms with Gasteiger partial charge in [-0.2, -0.15) is 0 Å². The lowest BCUT2D eigenvalue weighted by molar-refractivity contribution is 0.0963. The Balaban J connectivity index is 1.71. The van der Waals surface area contributed by atoms with Gasteiger partial charge in [0.1, 0.15) is 34.1 Å². The van der Waals surface area contributed by atoms with Crippen molar-refractivity contribution in [1.82, 2.24) is 0 Å². The third kappa shape index (κ3) is 12.3. The van der Waals surface area contributed by atoms with Gasteiger partial charge in [0, 0.05) is 37.8 Å². The topological polar surface area (TPSA) is 113 Å². The van der Waals surface area contributed by atoms with Crippen LogP contribution >= 0.6 is 0 Å². The van der Waals surface area contributed by atoms with Crippen LogP contribution in [0.3, 0.4) is 0 Å². The van der Waals surface area contributed by atoms with Gasteiger partial charge in [0.15, 0.2) is 11.6 Å². The van der Waals surface area contributed by atoms with Gasteiger partial charge in [0.25, 0.3) is 0 Å². The number of carbonyl (C=O) groups is 2. The number of allylic oxidation sites excluding steroid dienone is 4. The van der Waals surface area contributed by atoms with Crippen LogP contribution in [0, 0.1) is 0 Å². The number of carbonyl (C=O) groups excluding carboxylic acids is 2. The van der Waals surface area contributed by atoms with Crippen LogP contribution in [0.25, 0.3) is 0 Å². The minimum absolute atomic E-state index is 0.00757. The summed E-state index contributed by atoms with van der Waals surface area (Å²) in [5, 5.41) is 0. The van der Waals surface area contributed by atoms with Gasteiger partial charge in [-0.05, 0) is 77.0 Å². The molecule has 0 radical (unpaired) electrons. The van der Waals surface area contributed by atoms with Crippen LogP contribution in [0.5, 0.6) is 11.5 Å². The van der Waals surface area contributed by atoms with Crippen LogP contribution in [0.2, 0.25) is 0 Å². The second kappa shape index (κ2) is 20.9. The monoisotopic (exact) mass is 608 g/mol. The Hall–Kier alpha value is -3.94. The van der Waals surface area contributed by atoms with Gasteiger partial charge in [-0.15, -0.1) is 13.2 Å². The van der Waals surface area contributed by atoms with Crippen LogP contribution in [-0.4, -0.2) is 25.8 Å². The fourth-order valence-electron chi connectivity index (χ4n) is 4.86. The highest BCUT2D eigenvalue weighted by molar-refractivity contribution is 5.98. The minimum atomic E-state index is -0.641.